The minimum Gasteiger partial charge on any atom is -0.420 e. The van der Waals surface area contributed by atoms with Crippen LogP contribution in [-0.4, -0.2) is 15.8 Å². The van der Waals surface area contributed by atoms with E-state index in [2.05, 4.69) is 37.9 Å². The number of nitrogens with zero attached hydrogens (tertiary/aromatic N) is 2. The Bertz CT molecular complexity index is 772. The van der Waals surface area contributed by atoms with Crippen molar-refractivity contribution in [2.45, 2.75) is 0 Å². The van der Waals surface area contributed by atoms with E-state index in [0.717, 1.165) is 18.2 Å². The molecule has 0 saturated carbocycles. The molecule has 0 unspecified atom stereocenters. The van der Waals surface area contributed by atoms with Crippen molar-refractivity contribution in [3.8, 4) is 5.75 Å². The molecule has 0 N–H and O–H groups in total. The van der Waals surface area contributed by atoms with E-state index >= 15 is 0 Å². The fourth-order valence-electron chi connectivity index (χ4n) is 1.61. The fraction of sp³-hybridized carbons (Fsp3) is 0. The Balaban J connectivity index is 2.43. The van der Waals surface area contributed by atoms with Crippen LogP contribution < -0.4 is 4.74 Å². The van der Waals surface area contributed by atoms with Crippen molar-refractivity contribution < 1.29 is 19.4 Å². The molecule has 2 aromatic carbocycles. The molecule has 0 aromatic heterocycles. The van der Waals surface area contributed by atoms with E-state index in [4.69, 9.17) is 4.74 Å². The van der Waals surface area contributed by atoms with Crippen molar-refractivity contribution in [3.63, 3.8) is 0 Å². The predicted molar refractivity (Wildman–Crippen MR) is 85.4 cm³/mol. The second-order valence-corrected chi connectivity index (χ2v) is 5.83. The second-order valence-electron chi connectivity index (χ2n) is 4.12. The zero-order valence-corrected chi connectivity index (χ0v) is 14.2. The van der Waals surface area contributed by atoms with Crippen LogP contribution in [0, 0.1) is 26.3 Å². The monoisotopic (exact) mass is 443 g/mol. The van der Waals surface area contributed by atoms with Crippen LogP contribution in [0.1, 0.15) is 10.4 Å². The minimum atomic E-state index is -0.968. The average Bonchev–Trinajstić information content (AvgIpc) is 2.50. The predicted octanol–water partition coefficient (Wildman–Crippen LogP) is 4.05. The Morgan fingerprint density at radius 1 is 1.00 bits per heavy atom. The Kier molecular flexibility index (Phi) is 5.06. The van der Waals surface area contributed by atoms with Gasteiger partial charge < -0.3 is 4.74 Å². The van der Waals surface area contributed by atoms with Crippen LogP contribution in [0.15, 0.2) is 39.3 Å². The van der Waals surface area contributed by atoms with Crippen LogP contribution in [0.3, 0.4) is 0 Å². The molecular weight excluding hydrogens is 440 g/mol. The zero-order chi connectivity index (χ0) is 17.1. The number of ether oxygens (including phenoxy) is 1. The lowest BCUT2D eigenvalue weighted by Gasteiger charge is -2.08. The number of carbonyl (C=O) groups is 1. The topological polar surface area (TPSA) is 113 Å². The Labute approximate surface area is 145 Å². The summed E-state index contributed by atoms with van der Waals surface area (Å²) < 4.78 is 5.97. The maximum Gasteiger partial charge on any atom is 0.344 e. The van der Waals surface area contributed by atoms with Crippen LogP contribution in [0.25, 0.3) is 0 Å². The molecule has 0 saturated heterocycles. The van der Waals surface area contributed by atoms with Gasteiger partial charge in [-0.3, -0.25) is 20.2 Å². The van der Waals surface area contributed by atoms with Crippen LogP contribution in [-0.2, 0) is 0 Å². The van der Waals surface area contributed by atoms with Crippen molar-refractivity contribution in [1.29, 1.82) is 0 Å². The first-order valence-corrected chi connectivity index (χ1v) is 7.39. The van der Waals surface area contributed by atoms with Gasteiger partial charge in [-0.25, -0.2) is 4.79 Å². The summed E-state index contributed by atoms with van der Waals surface area (Å²) in [5, 5.41) is 21.7. The van der Waals surface area contributed by atoms with E-state index in [1.807, 2.05) is 0 Å². The minimum absolute atomic E-state index is 0.128. The normalized spacial score (nSPS) is 10.2. The van der Waals surface area contributed by atoms with Gasteiger partial charge in [-0.2, -0.15) is 0 Å². The molecule has 23 heavy (non-hydrogen) atoms. The number of rotatable bonds is 4. The molecule has 0 aliphatic rings. The molecule has 8 nitrogen and oxygen atoms in total. The molecule has 117 valence electrons. The second kappa shape index (κ2) is 6.84. The number of carbonyl (C=O) groups excluding carboxylic acids is 1. The summed E-state index contributed by atoms with van der Waals surface area (Å²) in [6.07, 6.45) is 0. The van der Waals surface area contributed by atoms with Gasteiger partial charge >= 0.3 is 5.97 Å². The summed E-state index contributed by atoms with van der Waals surface area (Å²) in [5.41, 5.74) is -1.46. The molecule has 0 heterocycles. The van der Waals surface area contributed by atoms with E-state index in [1.54, 1.807) is 0 Å². The number of hydrogen-bond acceptors (Lipinski definition) is 6. The number of nitro groups is 2. The summed E-state index contributed by atoms with van der Waals surface area (Å²) in [6, 6.07) is 8.36. The van der Waals surface area contributed by atoms with Gasteiger partial charge in [-0.05, 0) is 50.1 Å². The van der Waals surface area contributed by atoms with Gasteiger partial charge in [0.05, 0.1) is 30.4 Å². The van der Waals surface area contributed by atoms with Crippen LogP contribution >= 0.6 is 31.9 Å². The molecule has 0 aliphatic heterocycles. The van der Waals surface area contributed by atoms with Gasteiger partial charge in [0.25, 0.3) is 11.4 Å². The fourth-order valence-corrected chi connectivity index (χ4v) is 2.73. The summed E-state index contributed by atoms with van der Waals surface area (Å²) in [7, 11) is 0. The smallest absolute Gasteiger partial charge is 0.344 e. The van der Waals surface area contributed by atoms with Crippen LogP contribution in [0.5, 0.6) is 5.75 Å². The van der Waals surface area contributed by atoms with Gasteiger partial charge in [-0.1, -0.05) is 0 Å². The number of halogens is 2. The lowest BCUT2D eigenvalue weighted by molar-refractivity contribution is -0.394. The molecule has 10 heteroatoms. The number of benzene rings is 2. The molecule has 0 amide bonds. The van der Waals surface area contributed by atoms with Gasteiger partial charge in [0, 0.05) is 12.1 Å². The van der Waals surface area contributed by atoms with E-state index in [-0.39, 0.29) is 11.3 Å². The quantitative estimate of drug-likeness (QED) is 0.304. The first-order chi connectivity index (χ1) is 10.8. The van der Waals surface area contributed by atoms with Gasteiger partial charge in [0.2, 0.25) is 0 Å². The molecule has 2 aromatic rings. The molecule has 0 fully saturated rings. The lowest BCUT2D eigenvalue weighted by Crippen LogP contribution is -2.10. The maximum atomic E-state index is 12.1. The Morgan fingerprint density at radius 3 is 1.91 bits per heavy atom. The van der Waals surface area contributed by atoms with E-state index < -0.39 is 27.2 Å². The highest BCUT2D eigenvalue weighted by Gasteiger charge is 2.22. The van der Waals surface area contributed by atoms with Crippen molar-refractivity contribution in [2.75, 3.05) is 0 Å². The Hall–Kier alpha value is -2.33. The number of nitro benzene ring substituents is 2. The Morgan fingerprint density at radius 2 is 1.48 bits per heavy atom. The summed E-state index contributed by atoms with van der Waals surface area (Å²) in [4.78, 5) is 32.2. The van der Waals surface area contributed by atoms with E-state index in [9.17, 15) is 25.0 Å². The first-order valence-electron chi connectivity index (χ1n) is 5.80. The molecule has 0 aliphatic carbocycles. The van der Waals surface area contributed by atoms with Crippen molar-refractivity contribution in [2.24, 2.45) is 0 Å². The third kappa shape index (κ3) is 3.90. The molecule has 1 radical (unpaired) electrons. The average molecular weight is 445 g/mol. The van der Waals surface area contributed by atoms with Gasteiger partial charge in [-0.15, -0.1) is 0 Å². The summed E-state index contributed by atoms with van der Waals surface area (Å²) in [5.74, 6) is -0.840. The number of esters is 1. The molecule has 0 spiro atoms. The number of hydrogen-bond donors (Lipinski definition) is 0. The van der Waals surface area contributed by atoms with E-state index in [0.29, 0.717) is 8.95 Å². The van der Waals surface area contributed by atoms with Crippen molar-refractivity contribution >= 4 is 49.2 Å². The molecular formula is C13H5Br2N2O6. The highest BCUT2D eigenvalue weighted by atomic mass is 79.9. The standard InChI is InChI=1S/C13H5Br2N2O6/c14-10-2-1-3-11(15)12(10)23-13(18)7-4-8(16(19)20)6-9(5-7)17(21)22/h2-6H. The first kappa shape index (κ1) is 17.0. The zero-order valence-electron chi connectivity index (χ0n) is 11.0. The van der Waals surface area contributed by atoms with E-state index in [1.165, 1.54) is 12.1 Å². The lowest BCUT2D eigenvalue weighted by atomic mass is 10.2. The molecule has 2 rings (SSSR count). The molecule has 0 bridgehead atoms. The SMILES string of the molecule is O=C(Oc1c(Br)c[c]cc1Br)c1cc([N+](=O)[O-])cc([N+](=O)[O-])c1. The van der Waals surface area contributed by atoms with Crippen molar-refractivity contribution in [1.82, 2.24) is 0 Å². The number of non-ortho nitro benzene ring substituents is 2. The third-order valence-corrected chi connectivity index (χ3v) is 3.79. The summed E-state index contributed by atoms with van der Waals surface area (Å²) >= 11 is 6.34. The largest absolute Gasteiger partial charge is 0.420 e. The highest BCUT2D eigenvalue weighted by Crippen LogP contribution is 2.34. The van der Waals surface area contributed by atoms with Gasteiger partial charge in [0.15, 0.2) is 5.75 Å². The summed E-state index contributed by atoms with van der Waals surface area (Å²) in [6.45, 7) is 0. The van der Waals surface area contributed by atoms with Crippen molar-refractivity contribution in [3.05, 3.63) is 71.1 Å². The molecule has 0 atom stereocenters. The highest BCUT2D eigenvalue weighted by molar-refractivity contribution is 9.11. The van der Waals surface area contributed by atoms with Gasteiger partial charge in [0.1, 0.15) is 0 Å². The third-order valence-electron chi connectivity index (χ3n) is 2.61. The van der Waals surface area contributed by atoms with Crippen LogP contribution in [0.2, 0.25) is 0 Å². The van der Waals surface area contributed by atoms with Crippen LogP contribution in [0.4, 0.5) is 11.4 Å². The maximum absolute atomic E-state index is 12.1.